The summed E-state index contributed by atoms with van der Waals surface area (Å²) in [6.07, 6.45) is 0. The fraction of sp³-hybridized carbons (Fsp3) is 0.364. The number of amides is 2. The Balaban J connectivity index is 2.67. The zero-order chi connectivity index (χ0) is 14.4. The Labute approximate surface area is 109 Å². The Morgan fingerprint density at radius 2 is 2.26 bits per heavy atom. The number of nitrogens with one attached hydrogen (secondary N) is 2. The first-order chi connectivity index (χ1) is 8.93. The second-order valence-electron chi connectivity index (χ2n) is 3.91. The quantitative estimate of drug-likeness (QED) is 0.425. The van der Waals surface area contributed by atoms with Gasteiger partial charge < -0.3 is 20.5 Å². The largest absolute Gasteiger partial charge is 0.506 e. The molecule has 1 aromatic carbocycles. The summed E-state index contributed by atoms with van der Waals surface area (Å²) in [4.78, 5) is 21.4. The molecule has 0 bridgehead atoms. The number of hydrogen-bond donors (Lipinski definition) is 3. The summed E-state index contributed by atoms with van der Waals surface area (Å²) in [6, 6.07) is 2.68. The minimum atomic E-state index is -0.635. The van der Waals surface area contributed by atoms with Gasteiger partial charge in [0.2, 0.25) is 0 Å². The second kappa shape index (κ2) is 6.55. The van der Waals surface area contributed by atoms with E-state index in [0.29, 0.717) is 6.61 Å². The van der Waals surface area contributed by atoms with E-state index in [0.717, 1.165) is 6.07 Å². The number of non-ortho nitro benzene ring substituents is 1. The highest BCUT2D eigenvalue weighted by atomic mass is 16.6. The van der Waals surface area contributed by atoms with E-state index in [1.807, 2.05) is 0 Å². The van der Waals surface area contributed by atoms with Crippen LogP contribution < -0.4 is 10.6 Å². The first-order valence-electron chi connectivity index (χ1n) is 5.48. The van der Waals surface area contributed by atoms with Crippen LogP contribution in [0.25, 0.3) is 0 Å². The minimum absolute atomic E-state index is 0.0905. The number of phenolic OH excluding ortho intramolecular Hbond substituents is 1. The van der Waals surface area contributed by atoms with E-state index in [-0.39, 0.29) is 23.2 Å². The number of carbonyl (C=O) groups excluding carboxylic acids is 1. The predicted molar refractivity (Wildman–Crippen MR) is 68.3 cm³/mol. The smallest absolute Gasteiger partial charge is 0.319 e. The molecule has 1 rings (SSSR count). The molecule has 1 unspecified atom stereocenters. The van der Waals surface area contributed by atoms with Crippen molar-refractivity contribution in [3.8, 4) is 5.75 Å². The lowest BCUT2D eigenvalue weighted by Crippen LogP contribution is -2.38. The Bertz CT molecular complexity index is 477. The van der Waals surface area contributed by atoms with E-state index in [4.69, 9.17) is 4.74 Å². The molecule has 1 atom stereocenters. The highest BCUT2D eigenvalue weighted by Crippen LogP contribution is 2.27. The summed E-state index contributed by atoms with van der Waals surface area (Å²) < 4.78 is 4.85. The Hall–Kier alpha value is -2.35. The van der Waals surface area contributed by atoms with Gasteiger partial charge in [-0.05, 0) is 13.0 Å². The molecular formula is C11H15N3O5. The van der Waals surface area contributed by atoms with Gasteiger partial charge in [0.15, 0.2) is 0 Å². The van der Waals surface area contributed by atoms with Crippen molar-refractivity contribution in [3.05, 3.63) is 28.3 Å². The Morgan fingerprint density at radius 1 is 1.58 bits per heavy atom. The number of rotatable bonds is 5. The van der Waals surface area contributed by atoms with Gasteiger partial charge >= 0.3 is 6.03 Å². The third kappa shape index (κ3) is 4.43. The molecule has 104 valence electrons. The summed E-state index contributed by atoms with van der Waals surface area (Å²) in [7, 11) is 1.51. The lowest BCUT2D eigenvalue weighted by molar-refractivity contribution is -0.384. The van der Waals surface area contributed by atoms with Crippen LogP contribution in [-0.4, -0.2) is 35.8 Å². The average Bonchev–Trinajstić information content (AvgIpc) is 2.31. The van der Waals surface area contributed by atoms with Crippen LogP contribution in [0.15, 0.2) is 18.2 Å². The number of anilines is 1. The molecule has 0 saturated heterocycles. The van der Waals surface area contributed by atoms with E-state index in [1.165, 1.54) is 19.2 Å². The molecule has 0 radical (unpaired) electrons. The third-order valence-corrected chi connectivity index (χ3v) is 2.23. The van der Waals surface area contributed by atoms with Crippen molar-refractivity contribution in [1.82, 2.24) is 5.32 Å². The molecule has 0 spiro atoms. The molecule has 0 aromatic heterocycles. The number of benzene rings is 1. The number of nitrogens with zero attached hydrogens (tertiary/aromatic N) is 1. The van der Waals surface area contributed by atoms with Crippen molar-refractivity contribution in [1.29, 1.82) is 0 Å². The number of methoxy groups -OCH3 is 1. The molecule has 3 N–H and O–H groups in total. The van der Waals surface area contributed by atoms with E-state index in [1.54, 1.807) is 6.92 Å². The standard InChI is InChI=1S/C11H15N3O5/c1-7(6-19-2)12-11(16)13-9-4-3-8(14(17)18)5-10(9)15/h3-5,7,15H,6H2,1-2H3,(H2,12,13,16). The fourth-order valence-electron chi connectivity index (χ4n) is 1.41. The van der Waals surface area contributed by atoms with Gasteiger partial charge in [0.25, 0.3) is 5.69 Å². The van der Waals surface area contributed by atoms with Crippen molar-refractivity contribution in [2.75, 3.05) is 19.0 Å². The number of nitro benzene ring substituents is 1. The molecule has 19 heavy (non-hydrogen) atoms. The van der Waals surface area contributed by atoms with Crippen molar-refractivity contribution >= 4 is 17.4 Å². The number of aromatic hydroxyl groups is 1. The first-order valence-corrected chi connectivity index (χ1v) is 5.48. The predicted octanol–water partition coefficient (Wildman–Crippen LogP) is 1.46. The number of phenols is 1. The molecule has 0 heterocycles. The van der Waals surface area contributed by atoms with E-state index in [2.05, 4.69) is 10.6 Å². The zero-order valence-corrected chi connectivity index (χ0v) is 10.5. The van der Waals surface area contributed by atoms with Crippen LogP contribution in [0.2, 0.25) is 0 Å². The number of nitro groups is 1. The van der Waals surface area contributed by atoms with Crippen LogP contribution in [0.3, 0.4) is 0 Å². The van der Waals surface area contributed by atoms with Crippen LogP contribution in [0.5, 0.6) is 5.75 Å². The summed E-state index contributed by atoms with van der Waals surface area (Å²) >= 11 is 0. The highest BCUT2D eigenvalue weighted by Gasteiger charge is 2.13. The molecule has 0 fully saturated rings. The molecule has 8 nitrogen and oxygen atoms in total. The molecule has 0 aliphatic rings. The summed E-state index contributed by atoms with van der Waals surface area (Å²) in [6.45, 7) is 2.10. The van der Waals surface area contributed by atoms with E-state index >= 15 is 0 Å². The summed E-state index contributed by atoms with van der Waals surface area (Å²) in [5, 5.41) is 25.0. The molecule has 0 aliphatic carbocycles. The van der Waals surface area contributed by atoms with Gasteiger partial charge in [0.1, 0.15) is 5.75 Å². The molecule has 0 aliphatic heterocycles. The lowest BCUT2D eigenvalue weighted by atomic mass is 10.2. The molecule has 1 aromatic rings. The monoisotopic (exact) mass is 269 g/mol. The maximum atomic E-state index is 11.5. The van der Waals surface area contributed by atoms with Crippen molar-refractivity contribution < 1.29 is 19.6 Å². The first kappa shape index (κ1) is 14.7. The number of ether oxygens (including phenoxy) is 1. The second-order valence-corrected chi connectivity index (χ2v) is 3.91. The van der Waals surface area contributed by atoms with Gasteiger partial charge in [0.05, 0.1) is 29.3 Å². The fourth-order valence-corrected chi connectivity index (χ4v) is 1.41. The lowest BCUT2D eigenvalue weighted by Gasteiger charge is -2.14. The zero-order valence-electron chi connectivity index (χ0n) is 10.5. The van der Waals surface area contributed by atoms with Gasteiger partial charge in [-0.25, -0.2) is 4.79 Å². The van der Waals surface area contributed by atoms with Gasteiger partial charge in [-0.3, -0.25) is 10.1 Å². The SMILES string of the molecule is COCC(C)NC(=O)Nc1ccc([N+](=O)[O-])cc1O. The van der Waals surface area contributed by atoms with Crippen LogP contribution in [-0.2, 0) is 4.74 Å². The summed E-state index contributed by atoms with van der Waals surface area (Å²) in [5.41, 5.74) is -0.163. The Kier molecular flexibility index (Phi) is 5.07. The van der Waals surface area contributed by atoms with Crippen LogP contribution in [0.1, 0.15) is 6.92 Å². The van der Waals surface area contributed by atoms with E-state index < -0.39 is 11.0 Å². The normalized spacial score (nSPS) is 11.7. The number of urea groups is 1. The van der Waals surface area contributed by atoms with Gasteiger partial charge in [-0.1, -0.05) is 0 Å². The summed E-state index contributed by atoms with van der Waals surface area (Å²) in [5.74, 6) is -0.372. The van der Waals surface area contributed by atoms with Crippen LogP contribution in [0, 0.1) is 10.1 Å². The van der Waals surface area contributed by atoms with Crippen molar-refractivity contribution in [2.45, 2.75) is 13.0 Å². The topological polar surface area (TPSA) is 114 Å². The maximum Gasteiger partial charge on any atom is 0.319 e. The molecule has 8 heteroatoms. The minimum Gasteiger partial charge on any atom is -0.506 e. The van der Waals surface area contributed by atoms with Gasteiger partial charge in [-0.15, -0.1) is 0 Å². The maximum absolute atomic E-state index is 11.5. The van der Waals surface area contributed by atoms with Crippen LogP contribution >= 0.6 is 0 Å². The molecule has 0 saturated carbocycles. The molecular weight excluding hydrogens is 254 g/mol. The van der Waals surface area contributed by atoms with Gasteiger partial charge in [0, 0.05) is 13.2 Å². The number of carbonyl (C=O) groups is 1. The van der Waals surface area contributed by atoms with Gasteiger partial charge in [-0.2, -0.15) is 0 Å². The van der Waals surface area contributed by atoms with Crippen LogP contribution in [0.4, 0.5) is 16.2 Å². The number of hydrogen-bond acceptors (Lipinski definition) is 5. The third-order valence-electron chi connectivity index (χ3n) is 2.23. The molecule has 2 amide bonds. The van der Waals surface area contributed by atoms with Crippen molar-refractivity contribution in [3.63, 3.8) is 0 Å². The highest BCUT2D eigenvalue weighted by molar-refractivity contribution is 5.91. The average molecular weight is 269 g/mol. The van der Waals surface area contributed by atoms with Crippen molar-refractivity contribution in [2.24, 2.45) is 0 Å². The van der Waals surface area contributed by atoms with E-state index in [9.17, 15) is 20.0 Å². The Morgan fingerprint density at radius 3 is 2.79 bits per heavy atom.